The first-order valence-electron chi connectivity index (χ1n) is 9.21. The van der Waals surface area contributed by atoms with E-state index >= 15 is 0 Å². The maximum atomic E-state index is 5.43. The summed E-state index contributed by atoms with van der Waals surface area (Å²) in [5, 5.41) is 6.71. The number of nitrogens with one attached hydrogen (secondary N) is 2. The smallest absolute Gasteiger partial charge is 0.142 e. The highest BCUT2D eigenvalue weighted by Gasteiger charge is 2.07. The van der Waals surface area contributed by atoms with Crippen molar-refractivity contribution in [2.24, 2.45) is 0 Å². The molecule has 146 valence electrons. The molecular weight excluding hydrogens is 352 g/mol. The molecule has 3 rings (SSSR count). The molecule has 3 aromatic rings. The molecule has 6 heteroatoms. The number of hydrogen-bond acceptors (Lipinski definition) is 6. The highest BCUT2D eigenvalue weighted by atomic mass is 16.5. The first-order chi connectivity index (χ1) is 13.6. The van der Waals surface area contributed by atoms with Crippen LogP contribution in [0.5, 0.6) is 11.5 Å². The third-order valence-electron chi connectivity index (χ3n) is 4.33. The van der Waals surface area contributed by atoms with Crippen molar-refractivity contribution in [2.75, 3.05) is 31.4 Å². The number of hydrogen-bond donors (Lipinski definition) is 2. The molecule has 0 spiro atoms. The Bertz CT molecular complexity index is 926. The molecule has 2 aromatic carbocycles. The topological polar surface area (TPSA) is 68.3 Å². The standard InChI is InChI=1S/C22H26N4O2/c1-15-5-10-20(28-4)19(13-15)26-22-14-21(24-16(2)25-22)23-12-11-17-6-8-18(27-3)9-7-17/h5-10,13-14H,11-12H2,1-4H3,(H2,23,24,25,26). The van der Waals surface area contributed by atoms with Crippen molar-refractivity contribution in [3.8, 4) is 11.5 Å². The molecule has 0 aliphatic heterocycles. The average Bonchev–Trinajstić information content (AvgIpc) is 2.68. The van der Waals surface area contributed by atoms with Crippen LogP contribution in [0.15, 0.2) is 48.5 Å². The summed E-state index contributed by atoms with van der Waals surface area (Å²) < 4.78 is 10.6. The monoisotopic (exact) mass is 378 g/mol. The zero-order valence-electron chi connectivity index (χ0n) is 16.7. The van der Waals surface area contributed by atoms with Crippen LogP contribution in [0.1, 0.15) is 17.0 Å². The van der Waals surface area contributed by atoms with Gasteiger partial charge in [-0.25, -0.2) is 9.97 Å². The highest BCUT2D eigenvalue weighted by molar-refractivity contribution is 5.66. The Labute approximate surface area is 166 Å². The second-order valence-electron chi connectivity index (χ2n) is 6.54. The van der Waals surface area contributed by atoms with E-state index in [2.05, 4.69) is 32.7 Å². The molecule has 0 radical (unpaired) electrons. The van der Waals surface area contributed by atoms with Gasteiger partial charge in [0, 0.05) is 12.6 Å². The SMILES string of the molecule is COc1ccc(CCNc2cc(Nc3cc(C)ccc3OC)nc(C)n2)cc1. The first-order valence-corrected chi connectivity index (χ1v) is 9.21. The van der Waals surface area contributed by atoms with Gasteiger partial charge in [-0.1, -0.05) is 18.2 Å². The lowest BCUT2D eigenvalue weighted by atomic mass is 10.1. The largest absolute Gasteiger partial charge is 0.497 e. The lowest BCUT2D eigenvalue weighted by molar-refractivity contribution is 0.414. The Hall–Kier alpha value is -3.28. The molecule has 1 heterocycles. The Kier molecular flexibility index (Phi) is 6.32. The Morgan fingerprint density at radius 2 is 1.61 bits per heavy atom. The average molecular weight is 378 g/mol. The molecule has 0 atom stereocenters. The third kappa shape index (κ3) is 5.13. The molecule has 0 aliphatic carbocycles. The van der Waals surface area contributed by atoms with E-state index in [4.69, 9.17) is 9.47 Å². The van der Waals surface area contributed by atoms with E-state index in [9.17, 15) is 0 Å². The quantitative estimate of drug-likeness (QED) is 0.601. The number of nitrogens with zero attached hydrogens (tertiary/aromatic N) is 2. The van der Waals surface area contributed by atoms with Crippen LogP contribution in [0.4, 0.5) is 17.3 Å². The third-order valence-corrected chi connectivity index (χ3v) is 4.33. The molecule has 0 bridgehead atoms. The number of aromatic nitrogens is 2. The number of rotatable bonds is 8. The van der Waals surface area contributed by atoms with E-state index < -0.39 is 0 Å². The highest BCUT2D eigenvalue weighted by Crippen LogP contribution is 2.28. The molecule has 0 fully saturated rings. The number of benzene rings is 2. The summed E-state index contributed by atoms with van der Waals surface area (Å²) in [5.74, 6) is 3.85. The van der Waals surface area contributed by atoms with Crippen LogP contribution in [-0.4, -0.2) is 30.7 Å². The van der Waals surface area contributed by atoms with Gasteiger partial charge in [-0.15, -0.1) is 0 Å². The van der Waals surface area contributed by atoms with Crippen molar-refractivity contribution in [1.29, 1.82) is 0 Å². The predicted octanol–water partition coefficient (Wildman–Crippen LogP) is 4.51. The fourth-order valence-corrected chi connectivity index (χ4v) is 2.91. The summed E-state index contributed by atoms with van der Waals surface area (Å²) in [6.07, 6.45) is 0.890. The summed E-state index contributed by atoms with van der Waals surface area (Å²) in [6, 6.07) is 16.0. The van der Waals surface area contributed by atoms with Gasteiger partial charge >= 0.3 is 0 Å². The predicted molar refractivity (Wildman–Crippen MR) is 113 cm³/mol. The van der Waals surface area contributed by atoms with E-state index in [0.717, 1.165) is 47.4 Å². The van der Waals surface area contributed by atoms with E-state index in [1.54, 1.807) is 14.2 Å². The molecule has 0 amide bonds. The number of aryl methyl sites for hydroxylation is 2. The summed E-state index contributed by atoms with van der Waals surface area (Å²) >= 11 is 0. The molecule has 28 heavy (non-hydrogen) atoms. The van der Waals surface area contributed by atoms with Gasteiger partial charge < -0.3 is 20.1 Å². The van der Waals surface area contributed by atoms with E-state index in [1.165, 1.54) is 5.56 Å². The minimum absolute atomic E-state index is 0.698. The van der Waals surface area contributed by atoms with Crippen molar-refractivity contribution in [3.63, 3.8) is 0 Å². The van der Waals surface area contributed by atoms with Gasteiger partial charge in [-0.05, 0) is 55.7 Å². The number of anilines is 3. The Morgan fingerprint density at radius 1 is 0.857 bits per heavy atom. The van der Waals surface area contributed by atoms with E-state index in [0.29, 0.717) is 5.82 Å². The van der Waals surface area contributed by atoms with Gasteiger partial charge in [-0.2, -0.15) is 0 Å². The number of methoxy groups -OCH3 is 2. The maximum absolute atomic E-state index is 5.43. The van der Waals surface area contributed by atoms with Gasteiger partial charge in [0.25, 0.3) is 0 Å². The molecule has 2 N–H and O–H groups in total. The van der Waals surface area contributed by atoms with Gasteiger partial charge in [0.05, 0.1) is 19.9 Å². The molecule has 6 nitrogen and oxygen atoms in total. The summed E-state index contributed by atoms with van der Waals surface area (Å²) in [7, 11) is 3.33. The van der Waals surface area contributed by atoms with E-state index in [-0.39, 0.29) is 0 Å². The minimum Gasteiger partial charge on any atom is -0.497 e. The summed E-state index contributed by atoms with van der Waals surface area (Å²) in [4.78, 5) is 8.97. The van der Waals surface area contributed by atoms with Gasteiger partial charge in [-0.3, -0.25) is 0 Å². The van der Waals surface area contributed by atoms with Crippen molar-refractivity contribution >= 4 is 17.3 Å². The minimum atomic E-state index is 0.698. The van der Waals surface area contributed by atoms with Gasteiger partial charge in [0.2, 0.25) is 0 Å². The molecule has 0 saturated carbocycles. The second kappa shape index (κ2) is 9.08. The lowest BCUT2D eigenvalue weighted by Crippen LogP contribution is -2.08. The van der Waals surface area contributed by atoms with Crippen LogP contribution >= 0.6 is 0 Å². The van der Waals surface area contributed by atoms with E-state index in [1.807, 2.05) is 50.2 Å². The summed E-state index contributed by atoms with van der Waals surface area (Å²) in [5.41, 5.74) is 3.26. The van der Waals surface area contributed by atoms with Crippen LogP contribution in [0.3, 0.4) is 0 Å². The lowest BCUT2D eigenvalue weighted by Gasteiger charge is -2.13. The van der Waals surface area contributed by atoms with Crippen LogP contribution in [0.25, 0.3) is 0 Å². The maximum Gasteiger partial charge on any atom is 0.142 e. The van der Waals surface area contributed by atoms with Crippen molar-refractivity contribution in [1.82, 2.24) is 9.97 Å². The first kappa shape index (κ1) is 19.5. The van der Waals surface area contributed by atoms with Crippen molar-refractivity contribution in [2.45, 2.75) is 20.3 Å². The fourth-order valence-electron chi connectivity index (χ4n) is 2.91. The van der Waals surface area contributed by atoms with Crippen LogP contribution in [0, 0.1) is 13.8 Å². The summed E-state index contributed by atoms with van der Waals surface area (Å²) in [6.45, 7) is 4.70. The fraction of sp³-hybridized carbons (Fsp3) is 0.273. The Morgan fingerprint density at radius 3 is 2.32 bits per heavy atom. The number of ether oxygens (including phenoxy) is 2. The molecular formula is C22H26N4O2. The molecule has 0 aliphatic rings. The zero-order valence-corrected chi connectivity index (χ0v) is 16.7. The second-order valence-corrected chi connectivity index (χ2v) is 6.54. The van der Waals surface area contributed by atoms with Crippen molar-refractivity contribution < 1.29 is 9.47 Å². The Balaban J connectivity index is 1.66. The van der Waals surface area contributed by atoms with Crippen molar-refractivity contribution in [3.05, 3.63) is 65.5 Å². The molecule has 0 saturated heterocycles. The van der Waals surface area contributed by atoms with Gasteiger partial charge in [0.1, 0.15) is 29.0 Å². The van der Waals surface area contributed by atoms with Crippen LogP contribution < -0.4 is 20.1 Å². The molecule has 1 aromatic heterocycles. The van der Waals surface area contributed by atoms with Crippen LogP contribution in [0.2, 0.25) is 0 Å². The molecule has 0 unspecified atom stereocenters. The normalized spacial score (nSPS) is 10.4. The zero-order chi connectivity index (χ0) is 19.9. The van der Waals surface area contributed by atoms with Crippen LogP contribution in [-0.2, 0) is 6.42 Å². The van der Waals surface area contributed by atoms with Gasteiger partial charge in [0.15, 0.2) is 0 Å².